The standard InChI is InChI=1S/C15H17NO5/c1-2-19-15(18)14(17)16-6-5-11(8-16)10-3-4-12-13(7-10)21-9-20-12/h3-4,7,11H,2,5-6,8-9H2,1H3. The largest absolute Gasteiger partial charge is 0.459 e. The smallest absolute Gasteiger partial charge is 0.397 e. The number of rotatable bonds is 2. The molecule has 1 saturated heterocycles. The van der Waals surface area contributed by atoms with E-state index in [4.69, 9.17) is 14.2 Å². The van der Waals surface area contributed by atoms with Gasteiger partial charge in [0.1, 0.15) is 0 Å². The van der Waals surface area contributed by atoms with Crippen LogP contribution in [0.1, 0.15) is 24.8 Å². The second-order valence-corrected chi connectivity index (χ2v) is 5.07. The number of esters is 1. The van der Waals surface area contributed by atoms with Crippen molar-refractivity contribution in [2.24, 2.45) is 0 Å². The zero-order valence-electron chi connectivity index (χ0n) is 11.8. The number of carbonyl (C=O) groups is 2. The molecule has 1 fully saturated rings. The van der Waals surface area contributed by atoms with E-state index in [1.807, 2.05) is 18.2 Å². The van der Waals surface area contributed by atoms with E-state index in [2.05, 4.69) is 0 Å². The summed E-state index contributed by atoms with van der Waals surface area (Å²) in [5, 5.41) is 0. The van der Waals surface area contributed by atoms with Crippen LogP contribution in [-0.2, 0) is 14.3 Å². The number of hydrogen-bond acceptors (Lipinski definition) is 5. The number of likely N-dealkylation sites (tertiary alicyclic amines) is 1. The minimum Gasteiger partial charge on any atom is -0.459 e. The zero-order chi connectivity index (χ0) is 14.8. The summed E-state index contributed by atoms with van der Waals surface area (Å²) in [6.45, 7) is 3.24. The van der Waals surface area contributed by atoms with Gasteiger partial charge in [0, 0.05) is 19.0 Å². The van der Waals surface area contributed by atoms with Gasteiger partial charge in [0.05, 0.1) is 6.61 Å². The van der Waals surface area contributed by atoms with Gasteiger partial charge in [-0.05, 0) is 31.0 Å². The average Bonchev–Trinajstić information content (AvgIpc) is 3.14. The van der Waals surface area contributed by atoms with Gasteiger partial charge in [-0.1, -0.05) is 6.07 Å². The third-order valence-electron chi connectivity index (χ3n) is 3.79. The molecule has 3 rings (SSSR count). The highest BCUT2D eigenvalue weighted by atomic mass is 16.7. The Morgan fingerprint density at radius 2 is 2.14 bits per heavy atom. The number of amides is 1. The van der Waals surface area contributed by atoms with Crippen LogP contribution in [0.4, 0.5) is 0 Å². The van der Waals surface area contributed by atoms with Crippen LogP contribution in [0.5, 0.6) is 11.5 Å². The van der Waals surface area contributed by atoms with E-state index in [-0.39, 0.29) is 19.3 Å². The van der Waals surface area contributed by atoms with Gasteiger partial charge >= 0.3 is 11.9 Å². The zero-order valence-corrected chi connectivity index (χ0v) is 11.8. The molecule has 0 aliphatic carbocycles. The number of carbonyl (C=O) groups excluding carboxylic acids is 2. The summed E-state index contributed by atoms with van der Waals surface area (Å²) in [5.74, 6) is 0.362. The fourth-order valence-corrected chi connectivity index (χ4v) is 2.71. The van der Waals surface area contributed by atoms with E-state index in [9.17, 15) is 9.59 Å². The molecular weight excluding hydrogens is 274 g/mol. The predicted octanol–water partition coefficient (Wildman–Crippen LogP) is 1.29. The van der Waals surface area contributed by atoms with Gasteiger partial charge in [-0.15, -0.1) is 0 Å². The van der Waals surface area contributed by atoms with Crippen LogP contribution in [0.3, 0.4) is 0 Å². The van der Waals surface area contributed by atoms with E-state index < -0.39 is 11.9 Å². The molecular formula is C15H17NO5. The highest BCUT2D eigenvalue weighted by molar-refractivity contribution is 6.32. The predicted molar refractivity (Wildman–Crippen MR) is 73.1 cm³/mol. The summed E-state index contributed by atoms with van der Waals surface area (Å²) in [5.41, 5.74) is 1.10. The maximum absolute atomic E-state index is 11.9. The van der Waals surface area contributed by atoms with E-state index in [0.29, 0.717) is 13.1 Å². The molecule has 1 amide bonds. The van der Waals surface area contributed by atoms with Crippen molar-refractivity contribution < 1.29 is 23.8 Å². The molecule has 2 aliphatic heterocycles. The SMILES string of the molecule is CCOC(=O)C(=O)N1CCC(c2ccc3c(c2)OCO3)C1. The Morgan fingerprint density at radius 1 is 1.33 bits per heavy atom. The minimum atomic E-state index is -0.774. The van der Waals surface area contributed by atoms with Crippen molar-refractivity contribution >= 4 is 11.9 Å². The summed E-state index contributed by atoms with van der Waals surface area (Å²) in [6, 6.07) is 5.81. The maximum atomic E-state index is 11.9. The lowest BCUT2D eigenvalue weighted by Crippen LogP contribution is -2.35. The van der Waals surface area contributed by atoms with Crippen molar-refractivity contribution in [3.8, 4) is 11.5 Å². The van der Waals surface area contributed by atoms with Crippen LogP contribution in [0.2, 0.25) is 0 Å². The Morgan fingerprint density at radius 3 is 2.95 bits per heavy atom. The molecule has 21 heavy (non-hydrogen) atoms. The van der Waals surface area contributed by atoms with Crippen LogP contribution in [-0.4, -0.2) is 43.3 Å². The first-order valence-corrected chi connectivity index (χ1v) is 7.04. The molecule has 112 valence electrons. The lowest BCUT2D eigenvalue weighted by molar-refractivity contribution is -0.159. The quantitative estimate of drug-likeness (QED) is 0.607. The van der Waals surface area contributed by atoms with E-state index >= 15 is 0 Å². The molecule has 6 heteroatoms. The van der Waals surface area contributed by atoms with Gasteiger partial charge < -0.3 is 19.1 Å². The van der Waals surface area contributed by atoms with Gasteiger partial charge in [0.25, 0.3) is 0 Å². The van der Waals surface area contributed by atoms with Crippen molar-refractivity contribution in [1.82, 2.24) is 4.90 Å². The summed E-state index contributed by atoms with van der Waals surface area (Å²) in [6.07, 6.45) is 0.824. The molecule has 6 nitrogen and oxygen atoms in total. The highest BCUT2D eigenvalue weighted by Gasteiger charge is 2.32. The van der Waals surface area contributed by atoms with Crippen LogP contribution in [0, 0.1) is 0 Å². The Kier molecular flexibility index (Phi) is 3.68. The van der Waals surface area contributed by atoms with Gasteiger partial charge in [-0.3, -0.25) is 4.79 Å². The van der Waals surface area contributed by atoms with Crippen LogP contribution in [0.15, 0.2) is 18.2 Å². The molecule has 0 radical (unpaired) electrons. The van der Waals surface area contributed by atoms with Crippen LogP contribution < -0.4 is 9.47 Å². The monoisotopic (exact) mass is 291 g/mol. The first kappa shape index (κ1) is 13.7. The second-order valence-electron chi connectivity index (χ2n) is 5.07. The topological polar surface area (TPSA) is 65.1 Å². The summed E-state index contributed by atoms with van der Waals surface area (Å²) in [7, 11) is 0. The molecule has 2 aliphatic rings. The van der Waals surface area contributed by atoms with Gasteiger partial charge in [0.2, 0.25) is 6.79 Å². The van der Waals surface area contributed by atoms with E-state index in [1.165, 1.54) is 0 Å². The molecule has 0 bridgehead atoms. The number of hydrogen-bond donors (Lipinski definition) is 0. The van der Waals surface area contributed by atoms with Gasteiger partial charge in [0.15, 0.2) is 11.5 Å². The third-order valence-corrected chi connectivity index (χ3v) is 3.79. The Bertz CT molecular complexity index is 571. The first-order chi connectivity index (χ1) is 10.2. The maximum Gasteiger partial charge on any atom is 0.397 e. The third kappa shape index (κ3) is 2.66. The summed E-state index contributed by atoms with van der Waals surface area (Å²) >= 11 is 0. The van der Waals surface area contributed by atoms with Crippen LogP contribution in [0.25, 0.3) is 0 Å². The average molecular weight is 291 g/mol. The Labute approximate surface area is 122 Å². The fourth-order valence-electron chi connectivity index (χ4n) is 2.71. The van der Waals surface area contributed by atoms with Crippen molar-refractivity contribution in [2.75, 3.05) is 26.5 Å². The molecule has 1 unspecified atom stereocenters. The lowest BCUT2D eigenvalue weighted by atomic mass is 9.98. The molecule has 0 spiro atoms. The first-order valence-electron chi connectivity index (χ1n) is 7.04. The molecule has 1 atom stereocenters. The fraction of sp³-hybridized carbons (Fsp3) is 0.467. The molecule has 0 aromatic heterocycles. The molecule has 1 aromatic carbocycles. The summed E-state index contributed by atoms with van der Waals surface area (Å²) in [4.78, 5) is 24.9. The highest BCUT2D eigenvalue weighted by Crippen LogP contribution is 2.37. The van der Waals surface area contributed by atoms with Gasteiger partial charge in [-0.25, -0.2) is 4.79 Å². The van der Waals surface area contributed by atoms with Crippen molar-refractivity contribution in [2.45, 2.75) is 19.3 Å². The number of fused-ring (bicyclic) bond motifs is 1. The second kappa shape index (κ2) is 5.63. The van der Waals surface area contributed by atoms with Crippen molar-refractivity contribution in [1.29, 1.82) is 0 Å². The Balaban J connectivity index is 1.67. The normalized spacial score (nSPS) is 19.7. The van der Waals surface area contributed by atoms with Crippen molar-refractivity contribution in [3.63, 3.8) is 0 Å². The van der Waals surface area contributed by atoms with Crippen molar-refractivity contribution in [3.05, 3.63) is 23.8 Å². The lowest BCUT2D eigenvalue weighted by Gasteiger charge is -2.15. The molecule has 0 saturated carbocycles. The van der Waals surface area contributed by atoms with E-state index in [0.717, 1.165) is 23.5 Å². The molecule has 2 heterocycles. The number of benzene rings is 1. The summed E-state index contributed by atoms with van der Waals surface area (Å²) < 4.78 is 15.4. The van der Waals surface area contributed by atoms with Gasteiger partial charge in [-0.2, -0.15) is 0 Å². The number of ether oxygens (including phenoxy) is 3. The number of nitrogens with zero attached hydrogens (tertiary/aromatic N) is 1. The van der Waals surface area contributed by atoms with Crippen LogP contribution >= 0.6 is 0 Å². The molecule has 1 aromatic rings. The van der Waals surface area contributed by atoms with E-state index in [1.54, 1.807) is 11.8 Å². The minimum absolute atomic E-state index is 0.206. The Hall–Kier alpha value is -2.24. The molecule has 0 N–H and O–H groups in total.